The smallest absolute Gasteiger partial charge is 0.348 e. The summed E-state index contributed by atoms with van der Waals surface area (Å²) in [6.45, 7) is 11.4. The second-order valence-corrected chi connectivity index (χ2v) is 13.1. The molecule has 0 radical (unpaired) electrons. The zero-order valence-corrected chi connectivity index (χ0v) is 25.2. The van der Waals surface area contributed by atoms with Crippen molar-refractivity contribution in [2.45, 2.75) is 79.3 Å². The normalized spacial score (nSPS) is 18.3. The maximum Gasteiger partial charge on any atom is 0.348 e. The van der Waals surface area contributed by atoms with Crippen LogP contribution in [0.1, 0.15) is 86.8 Å². The van der Waals surface area contributed by atoms with Gasteiger partial charge in [-0.3, -0.25) is 4.79 Å². The number of hydrogen-bond acceptors (Lipinski definition) is 6. The van der Waals surface area contributed by atoms with E-state index in [9.17, 15) is 14.7 Å². The number of carboxylic acids is 1. The van der Waals surface area contributed by atoms with E-state index in [1.807, 2.05) is 53.9 Å². The second kappa shape index (κ2) is 13.5. The number of pyridine rings is 1. The van der Waals surface area contributed by atoms with E-state index in [0.29, 0.717) is 35.4 Å². The third-order valence-electron chi connectivity index (χ3n) is 6.85. The van der Waals surface area contributed by atoms with E-state index in [1.54, 1.807) is 17.2 Å². The first-order valence-electron chi connectivity index (χ1n) is 13.8. The lowest BCUT2D eigenvalue weighted by atomic mass is 9.82. The van der Waals surface area contributed by atoms with E-state index in [-0.39, 0.29) is 28.2 Å². The topological polar surface area (TPSA) is 83.0 Å². The first-order chi connectivity index (χ1) is 18.3. The van der Waals surface area contributed by atoms with Gasteiger partial charge < -0.3 is 19.6 Å². The van der Waals surface area contributed by atoms with Crippen LogP contribution in [0, 0.1) is 29.1 Å². The molecule has 1 atom stereocenters. The molecule has 2 heterocycles. The van der Waals surface area contributed by atoms with Crippen molar-refractivity contribution in [2.75, 3.05) is 25.6 Å². The fourth-order valence-electron chi connectivity index (χ4n) is 4.76. The number of amides is 1. The van der Waals surface area contributed by atoms with E-state index in [0.717, 1.165) is 49.1 Å². The molecular formula is C31H43N3O4S. The van der Waals surface area contributed by atoms with E-state index < -0.39 is 5.97 Å². The third kappa shape index (κ3) is 9.08. The van der Waals surface area contributed by atoms with E-state index in [1.165, 1.54) is 0 Å². The molecule has 0 bridgehead atoms. The van der Waals surface area contributed by atoms with Crippen LogP contribution in [0.25, 0.3) is 0 Å². The Balaban J connectivity index is 1.86. The van der Waals surface area contributed by atoms with Crippen molar-refractivity contribution in [3.05, 3.63) is 39.7 Å². The van der Waals surface area contributed by atoms with Gasteiger partial charge in [-0.15, -0.1) is 11.3 Å². The van der Waals surface area contributed by atoms with Gasteiger partial charge in [-0.25, -0.2) is 9.78 Å². The second-order valence-electron chi connectivity index (χ2n) is 12.0. The minimum atomic E-state index is -1.04. The monoisotopic (exact) mass is 553 g/mol. The van der Waals surface area contributed by atoms with Crippen LogP contribution in [-0.4, -0.2) is 53.6 Å². The number of anilines is 1. The number of nitrogens with zero attached hydrogens (tertiary/aromatic N) is 3. The Morgan fingerprint density at radius 2 is 1.90 bits per heavy atom. The Kier molecular flexibility index (Phi) is 10.6. The van der Waals surface area contributed by atoms with Crippen molar-refractivity contribution >= 4 is 28.9 Å². The summed E-state index contributed by atoms with van der Waals surface area (Å²) < 4.78 is 5.98. The van der Waals surface area contributed by atoms with Gasteiger partial charge in [0.05, 0.1) is 17.2 Å². The summed E-state index contributed by atoms with van der Waals surface area (Å²) in [6.07, 6.45) is 5.94. The van der Waals surface area contributed by atoms with Crippen LogP contribution in [0.4, 0.5) is 5.69 Å². The third-order valence-corrected chi connectivity index (χ3v) is 7.88. The number of carbonyl (C=O) groups excluding carboxylic acids is 1. The van der Waals surface area contributed by atoms with Crippen LogP contribution in [0.3, 0.4) is 0 Å². The van der Waals surface area contributed by atoms with Crippen LogP contribution in [0.15, 0.2) is 24.4 Å². The van der Waals surface area contributed by atoms with Crippen LogP contribution >= 0.6 is 11.3 Å². The van der Waals surface area contributed by atoms with Crippen molar-refractivity contribution in [3.8, 4) is 17.7 Å². The number of ether oxygens (including phenoxy) is 1. The average Bonchev–Trinajstić information content (AvgIpc) is 3.27. The molecule has 212 valence electrons. The number of hydrogen-bond donors (Lipinski definition) is 1. The van der Waals surface area contributed by atoms with Crippen molar-refractivity contribution in [3.63, 3.8) is 0 Å². The molecule has 1 aliphatic rings. The predicted octanol–water partition coefficient (Wildman–Crippen LogP) is 6.32. The summed E-state index contributed by atoms with van der Waals surface area (Å²) in [5.74, 6) is 6.32. The molecule has 39 heavy (non-hydrogen) atoms. The highest BCUT2D eigenvalue weighted by Crippen LogP contribution is 2.36. The van der Waals surface area contributed by atoms with Crippen molar-refractivity contribution < 1.29 is 19.4 Å². The predicted molar refractivity (Wildman–Crippen MR) is 157 cm³/mol. The van der Waals surface area contributed by atoms with Gasteiger partial charge in [0.15, 0.2) is 0 Å². The summed E-state index contributed by atoms with van der Waals surface area (Å²) in [7, 11) is 4.02. The summed E-state index contributed by atoms with van der Waals surface area (Å²) in [5, 5.41) is 10.1. The quantitative estimate of drug-likeness (QED) is 0.347. The van der Waals surface area contributed by atoms with Crippen LogP contribution in [-0.2, 0) is 11.3 Å². The standard InChI is InChI=1S/C31H43N3O4S/c1-21-8-10-24(11-9-21)29(35)34(26-19-25(12-15-31(3,4)5)39-28(26)30(36)37)22(2)14-17-38-27-18-23(13-16-32-27)20-33(6)7/h13,16,18-19,21-22,24H,8-11,14,17,20H2,1-7H3,(H,36,37)/t21-,22?,24-. The molecule has 8 heteroatoms. The lowest BCUT2D eigenvalue weighted by molar-refractivity contribution is -0.124. The van der Waals surface area contributed by atoms with Gasteiger partial charge in [-0.05, 0) is 91.1 Å². The average molecular weight is 554 g/mol. The van der Waals surface area contributed by atoms with E-state index >= 15 is 0 Å². The lowest BCUT2D eigenvalue weighted by Gasteiger charge is -2.34. The maximum atomic E-state index is 14.0. The molecular weight excluding hydrogens is 510 g/mol. The zero-order valence-electron chi connectivity index (χ0n) is 24.4. The highest BCUT2D eigenvalue weighted by atomic mass is 32.1. The number of carbonyl (C=O) groups is 2. The molecule has 1 fully saturated rings. The molecule has 1 saturated carbocycles. The molecule has 1 N–H and O–H groups in total. The number of carboxylic acid groups (broad SMARTS) is 1. The highest BCUT2D eigenvalue weighted by molar-refractivity contribution is 7.15. The Bertz CT molecular complexity index is 1200. The largest absolute Gasteiger partial charge is 0.478 e. The fourth-order valence-corrected chi connectivity index (χ4v) is 5.60. The molecule has 7 nitrogen and oxygen atoms in total. The Morgan fingerprint density at radius 1 is 1.21 bits per heavy atom. The van der Waals surface area contributed by atoms with Crippen molar-refractivity contribution in [1.82, 2.24) is 9.88 Å². The van der Waals surface area contributed by atoms with Crippen molar-refractivity contribution in [1.29, 1.82) is 0 Å². The van der Waals surface area contributed by atoms with Crippen LogP contribution in [0.2, 0.25) is 0 Å². The molecule has 0 aromatic carbocycles. The summed E-state index contributed by atoms with van der Waals surface area (Å²) in [5.41, 5.74) is 1.33. The van der Waals surface area contributed by atoms with Gasteiger partial charge in [0.1, 0.15) is 4.88 Å². The maximum absolute atomic E-state index is 14.0. The molecule has 0 spiro atoms. The van der Waals surface area contributed by atoms with Crippen molar-refractivity contribution in [2.24, 2.45) is 17.3 Å². The lowest BCUT2D eigenvalue weighted by Crippen LogP contribution is -2.44. The molecule has 1 unspecified atom stereocenters. The zero-order chi connectivity index (χ0) is 28.7. The first-order valence-corrected chi connectivity index (χ1v) is 14.6. The van der Waals surface area contributed by atoms with Gasteiger partial charge in [-0.1, -0.05) is 18.8 Å². The van der Waals surface area contributed by atoms with E-state index in [2.05, 4.69) is 28.6 Å². The summed E-state index contributed by atoms with van der Waals surface area (Å²) >= 11 is 1.13. The number of thiophene rings is 1. The van der Waals surface area contributed by atoms with E-state index in [4.69, 9.17) is 4.74 Å². The number of rotatable bonds is 10. The molecule has 0 saturated heterocycles. The number of aromatic carboxylic acids is 1. The van der Waals surface area contributed by atoms with Crippen LogP contribution < -0.4 is 9.64 Å². The molecule has 1 aliphatic carbocycles. The molecule has 2 aromatic heterocycles. The fraction of sp³-hybridized carbons (Fsp3) is 0.581. The minimum absolute atomic E-state index is 0.00358. The Labute approximate surface area is 237 Å². The Morgan fingerprint density at radius 3 is 2.51 bits per heavy atom. The van der Waals surface area contributed by atoms with Crippen LogP contribution in [0.5, 0.6) is 5.88 Å². The summed E-state index contributed by atoms with van der Waals surface area (Å²) in [4.78, 5) is 35.2. The number of aromatic nitrogens is 1. The SMILES string of the molecule is CC(CCOc1cc(CN(C)C)ccn1)N(c1cc(C#CC(C)(C)C)sc1C(=O)O)C(=O)[C@H]1CC[C@H](C)CC1. The highest BCUT2D eigenvalue weighted by Gasteiger charge is 2.34. The van der Waals surface area contributed by atoms with Gasteiger partial charge in [0, 0.05) is 42.6 Å². The first kappa shape index (κ1) is 30.6. The molecule has 3 rings (SSSR count). The van der Waals surface area contributed by atoms with Gasteiger partial charge in [0.2, 0.25) is 11.8 Å². The van der Waals surface area contributed by atoms with Gasteiger partial charge in [-0.2, -0.15) is 0 Å². The molecule has 2 aromatic rings. The van der Waals surface area contributed by atoms with Gasteiger partial charge >= 0.3 is 5.97 Å². The molecule has 1 amide bonds. The minimum Gasteiger partial charge on any atom is -0.478 e. The van der Waals surface area contributed by atoms with Gasteiger partial charge in [0.25, 0.3) is 0 Å². The summed E-state index contributed by atoms with van der Waals surface area (Å²) in [6, 6.07) is 5.40. The Hall–Kier alpha value is -2.89. The molecule has 0 aliphatic heterocycles.